The fourth-order valence-corrected chi connectivity index (χ4v) is 2.33. The minimum absolute atomic E-state index is 0.0853. The fourth-order valence-electron chi connectivity index (χ4n) is 2.33. The number of rotatable bonds is 6. The minimum Gasteiger partial charge on any atom is -0.355 e. The number of imidazole rings is 1. The molecule has 0 aromatic carbocycles. The molecule has 0 aliphatic heterocycles. The number of pyridine rings is 1. The van der Waals surface area contributed by atoms with Crippen LogP contribution in [0.5, 0.6) is 0 Å². The lowest BCUT2D eigenvalue weighted by Gasteiger charge is -2.10. The highest BCUT2D eigenvalue weighted by Gasteiger charge is 2.12. The Morgan fingerprint density at radius 2 is 2.30 bits per heavy atom. The van der Waals surface area contributed by atoms with Gasteiger partial charge in [0, 0.05) is 32.1 Å². The van der Waals surface area contributed by atoms with Crippen molar-refractivity contribution >= 4 is 17.1 Å². The molecule has 1 atom stereocenters. The van der Waals surface area contributed by atoms with Gasteiger partial charge >= 0.3 is 0 Å². The molecule has 20 heavy (non-hydrogen) atoms. The first-order valence-corrected chi connectivity index (χ1v) is 7.17. The molecule has 2 heterocycles. The molecule has 0 radical (unpaired) electrons. The predicted octanol–water partition coefficient (Wildman–Crippen LogP) is 2.06. The summed E-state index contributed by atoms with van der Waals surface area (Å²) in [5.74, 6) is 1.16. The maximum Gasteiger partial charge on any atom is 0.222 e. The Morgan fingerprint density at radius 1 is 1.50 bits per heavy atom. The molecular weight excluding hydrogens is 252 g/mol. The zero-order valence-electron chi connectivity index (χ0n) is 12.4. The zero-order valence-corrected chi connectivity index (χ0v) is 12.4. The maximum absolute atomic E-state index is 11.8. The van der Waals surface area contributed by atoms with Crippen LogP contribution in [-0.4, -0.2) is 27.0 Å². The van der Waals surface area contributed by atoms with Crippen LogP contribution in [0.15, 0.2) is 18.3 Å². The second-order valence-corrected chi connectivity index (χ2v) is 5.16. The van der Waals surface area contributed by atoms with E-state index in [0.717, 1.165) is 36.3 Å². The van der Waals surface area contributed by atoms with E-state index >= 15 is 0 Å². The van der Waals surface area contributed by atoms with Crippen molar-refractivity contribution in [1.82, 2.24) is 19.9 Å². The van der Waals surface area contributed by atoms with Crippen molar-refractivity contribution in [2.75, 3.05) is 6.54 Å². The van der Waals surface area contributed by atoms with Crippen molar-refractivity contribution in [1.29, 1.82) is 0 Å². The summed E-state index contributed by atoms with van der Waals surface area (Å²) in [7, 11) is 1.96. The van der Waals surface area contributed by atoms with Gasteiger partial charge in [-0.3, -0.25) is 4.79 Å². The molecule has 0 saturated heterocycles. The number of carbonyl (C=O) groups excluding carboxylic acids is 1. The molecular formula is C15H22N4O. The Hall–Kier alpha value is -1.91. The van der Waals surface area contributed by atoms with Crippen molar-refractivity contribution in [2.45, 2.75) is 33.1 Å². The van der Waals surface area contributed by atoms with E-state index < -0.39 is 0 Å². The summed E-state index contributed by atoms with van der Waals surface area (Å²) in [5, 5.41) is 2.97. The van der Waals surface area contributed by atoms with Crippen molar-refractivity contribution in [3.63, 3.8) is 0 Å². The molecule has 1 N–H and O–H groups in total. The number of amides is 1. The van der Waals surface area contributed by atoms with Crippen LogP contribution < -0.4 is 5.32 Å². The van der Waals surface area contributed by atoms with E-state index in [9.17, 15) is 4.79 Å². The molecule has 108 valence electrons. The number of hydrogen-bond acceptors (Lipinski definition) is 3. The van der Waals surface area contributed by atoms with Gasteiger partial charge in [0.25, 0.3) is 0 Å². The molecule has 1 amide bonds. The Labute approximate surface area is 119 Å². The van der Waals surface area contributed by atoms with Gasteiger partial charge < -0.3 is 9.88 Å². The summed E-state index contributed by atoms with van der Waals surface area (Å²) >= 11 is 0. The van der Waals surface area contributed by atoms with Gasteiger partial charge in [-0.05, 0) is 18.6 Å². The molecule has 0 spiro atoms. The van der Waals surface area contributed by atoms with E-state index in [2.05, 4.69) is 22.2 Å². The van der Waals surface area contributed by atoms with E-state index in [0.29, 0.717) is 6.54 Å². The third-order valence-electron chi connectivity index (χ3n) is 3.54. The average Bonchev–Trinajstić information content (AvgIpc) is 2.76. The number of aryl methyl sites for hydroxylation is 1. The van der Waals surface area contributed by atoms with Crippen molar-refractivity contribution in [3.8, 4) is 0 Å². The van der Waals surface area contributed by atoms with Crippen LogP contribution >= 0.6 is 0 Å². The summed E-state index contributed by atoms with van der Waals surface area (Å²) in [5.41, 5.74) is 1.78. The highest BCUT2D eigenvalue weighted by molar-refractivity contribution is 5.78. The van der Waals surface area contributed by atoms with Crippen molar-refractivity contribution in [3.05, 3.63) is 24.2 Å². The SMILES string of the molecule is CCC[C@H](C)C(=O)NCCc1nc2cccnc2n1C. The normalized spacial score (nSPS) is 12.6. The molecule has 0 bridgehead atoms. The zero-order chi connectivity index (χ0) is 14.5. The Balaban J connectivity index is 1.93. The first-order chi connectivity index (χ1) is 9.63. The molecule has 5 nitrogen and oxygen atoms in total. The Kier molecular flexibility index (Phi) is 4.71. The third kappa shape index (κ3) is 3.15. The topological polar surface area (TPSA) is 59.8 Å². The quantitative estimate of drug-likeness (QED) is 0.877. The summed E-state index contributed by atoms with van der Waals surface area (Å²) in [6, 6.07) is 3.83. The van der Waals surface area contributed by atoms with Gasteiger partial charge in [0.2, 0.25) is 5.91 Å². The lowest BCUT2D eigenvalue weighted by molar-refractivity contribution is -0.124. The molecule has 0 aliphatic rings. The van der Waals surface area contributed by atoms with Crippen molar-refractivity contribution in [2.24, 2.45) is 13.0 Å². The lowest BCUT2D eigenvalue weighted by atomic mass is 10.1. The van der Waals surface area contributed by atoms with Crippen LogP contribution in [-0.2, 0) is 18.3 Å². The smallest absolute Gasteiger partial charge is 0.222 e. The molecule has 0 aliphatic carbocycles. The fraction of sp³-hybridized carbons (Fsp3) is 0.533. The highest BCUT2D eigenvalue weighted by Crippen LogP contribution is 2.11. The monoisotopic (exact) mass is 274 g/mol. The first-order valence-electron chi connectivity index (χ1n) is 7.17. The lowest BCUT2D eigenvalue weighted by Crippen LogP contribution is -2.31. The maximum atomic E-state index is 11.8. The number of fused-ring (bicyclic) bond motifs is 1. The number of hydrogen-bond donors (Lipinski definition) is 1. The van der Waals surface area contributed by atoms with Gasteiger partial charge in [0.1, 0.15) is 11.3 Å². The van der Waals surface area contributed by atoms with Crippen LogP contribution in [0.4, 0.5) is 0 Å². The molecule has 2 aromatic heterocycles. The number of nitrogens with one attached hydrogen (secondary N) is 1. The Morgan fingerprint density at radius 3 is 3.00 bits per heavy atom. The molecule has 5 heteroatoms. The van der Waals surface area contributed by atoms with Crippen LogP contribution in [0.3, 0.4) is 0 Å². The van der Waals surface area contributed by atoms with Gasteiger partial charge in [0.05, 0.1) is 0 Å². The summed E-state index contributed by atoms with van der Waals surface area (Å²) in [6.07, 6.45) is 4.45. The Bertz CT molecular complexity index is 591. The van der Waals surface area contributed by atoms with E-state index in [1.165, 1.54) is 0 Å². The van der Waals surface area contributed by atoms with Gasteiger partial charge in [-0.15, -0.1) is 0 Å². The van der Waals surface area contributed by atoms with Crippen LogP contribution in [0.1, 0.15) is 32.5 Å². The standard InChI is InChI=1S/C15H22N4O/c1-4-6-11(2)15(20)17-10-8-13-18-12-7-5-9-16-14(12)19(13)3/h5,7,9,11H,4,6,8,10H2,1-3H3,(H,17,20)/t11-/m0/s1. The number of carbonyl (C=O) groups is 1. The number of nitrogens with zero attached hydrogens (tertiary/aromatic N) is 3. The van der Waals surface area contributed by atoms with Gasteiger partial charge in [-0.2, -0.15) is 0 Å². The first kappa shape index (κ1) is 14.5. The van der Waals surface area contributed by atoms with E-state index in [4.69, 9.17) is 0 Å². The second-order valence-electron chi connectivity index (χ2n) is 5.16. The van der Waals surface area contributed by atoms with Crippen LogP contribution in [0, 0.1) is 5.92 Å². The number of aromatic nitrogens is 3. The summed E-state index contributed by atoms with van der Waals surface area (Å²) in [6.45, 7) is 4.68. The second kappa shape index (κ2) is 6.50. The highest BCUT2D eigenvalue weighted by atomic mass is 16.1. The van der Waals surface area contributed by atoms with E-state index in [1.54, 1.807) is 6.20 Å². The average molecular weight is 274 g/mol. The van der Waals surface area contributed by atoms with Crippen LogP contribution in [0.2, 0.25) is 0 Å². The van der Waals surface area contributed by atoms with E-state index in [-0.39, 0.29) is 11.8 Å². The van der Waals surface area contributed by atoms with Gasteiger partial charge in [0.15, 0.2) is 5.65 Å². The molecule has 0 saturated carbocycles. The van der Waals surface area contributed by atoms with Gasteiger partial charge in [-0.25, -0.2) is 9.97 Å². The molecule has 2 aromatic rings. The summed E-state index contributed by atoms with van der Waals surface area (Å²) < 4.78 is 1.98. The molecule has 2 rings (SSSR count). The van der Waals surface area contributed by atoms with Crippen molar-refractivity contribution < 1.29 is 4.79 Å². The molecule has 0 unspecified atom stereocenters. The largest absolute Gasteiger partial charge is 0.355 e. The minimum atomic E-state index is 0.0853. The molecule has 0 fully saturated rings. The predicted molar refractivity (Wildman–Crippen MR) is 79.3 cm³/mol. The van der Waals surface area contributed by atoms with Crippen LogP contribution in [0.25, 0.3) is 11.2 Å². The summed E-state index contributed by atoms with van der Waals surface area (Å²) in [4.78, 5) is 20.7. The van der Waals surface area contributed by atoms with Gasteiger partial charge in [-0.1, -0.05) is 20.3 Å². The third-order valence-corrected chi connectivity index (χ3v) is 3.54. The van der Waals surface area contributed by atoms with E-state index in [1.807, 2.05) is 30.7 Å².